The van der Waals surface area contributed by atoms with Crippen LogP contribution >= 0.6 is 0 Å². The number of hydrogen-bond acceptors (Lipinski definition) is 3. The second-order valence-electron chi connectivity index (χ2n) is 7.54. The molecular weight excluding hydrogens is 427 g/mol. The van der Waals surface area contributed by atoms with Crippen LogP contribution in [0.4, 0.5) is 22.0 Å². The van der Waals surface area contributed by atoms with Crippen LogP contribution in [0.3, 0.4) is 0 Å². The van der Waals surface area contributed by atoms with E-state index in [-0.39, 0.29) is 11.0 Å². The van der Waals surface area contributed by atoms with Crippen molar-refractivity contribution in [1.29, 1.82) is 0 Å². The van der Waals surface area contributed by atoms with Gasteiger partial charge in [-0.15, -0.1) is 0 Å². The van der Waals surface area contributed by atoms with Gasteiger partial charge in [0.2, 0.25) is 16.0 Å². The van der Waals surface area contributed by atoms with Crippen LogP contribution in [0.15, 0.2) is 70.4 Å². The molecule has 1 saturated carbocycles. The molecule has 0 N–H and O–H groups in total. The summed E-state index contributed by atoms with van der Waals surface area (Å²) < 4.78 is 96.6. The third-order valence-electron chi connectivity index (χ3n) is 5.62. The van der Waals surface area contributed by atoms with E-state index >= 15 is 0 Å². The van der Waals surface area contributed by atoms with E-state index < -0.39 is 38.3 Å². The van der Waals surface area contributed by atoms with Gasteiger partial charge < -0.3 is 4.74 Å². The summed E-state index contributed by atoms with van der Waals surface area (Å²) >= 11 is 0. The van der Waals surface area contributed by atoms with E-state index in [9.17, 15) is 30.4 Å². The first-order chi connectivity index (χ1) is 14.0. The average molecular weight is 444 g/mol. The average Bonchev–Trinajstić information content (AvgIpc) is 3.37. The Balaban J connectivity index is 1.73. The molecule has 3 aliphatic rings. The number of methoxy groups -OCH3 is 1. The van der Waals surface area contributed by atoms with Crippen LogP contribution in [0, 0.1) is 5.41 Å². The molecule has 0 bridgehead atoms. The highest BCUT2D eigenvalue weighted by Gasteiger charge is 2.48. The van der Waals surface area contributed by atoms with E-state index in [1.807, 2.05) is 6.08 Å². The van der Waals surface area contributed by atoms with E-state index in [2.05, 4.69) is 4.74 Å². The minimum atomic E-state index is -4.75. The predicted octanol–water partition coefficient (Wildman–Crippen LogP) is 5.23. The fourth-order valence-corrected chi connectivity index (χ4v) is 4.38. The molecule has 0 amide bonds. The molecule has 0 radical (unpaired) electrons. The fraction of sp³-hybridized carbons (Fsp3) is 0.333. The summed E-state index contributed by atoms with van der Waals surface area (Å²) in [5.41, 5.74) is 0.834. The minimum Gasteiger partial charge on any atom is -0.343 e. The summed E-state index contributed by atoms with van der Waals surface area (Å²) in [4.78, 5) is -0.541. The number of sulfone groups is 1. The van der Waals surface area contributed by atoms with Crippen molar-refractivity contribution >= 4 is 15.4 Å². The van der Waals surface area contributed by atoms with Crippen molar-refractivity contribution in [1.82, 2.24) is 0 Å². The molecule has 2 atom stereocenters. The molecule has 3 nitrogen and oxygen atoms in total. The Morgan fingerprint density at radius 2 is 1.70 bits per heavy atom. The number of allylic oxidation sites excluding steroid dienone is 6. The quantitative estimate of drug-likeness (QED) is 0.584. The standard InChI is InChI=1S/C21H17F5O3S/c1-29-21(26)7-6-14(17(22)18(21)23)16-11-20(8-9-20)10-15(16)12-2-4-13(5-3-12)30(27,28)19(24)25/h2-7,10-11,18-19H,8-9H2,1H3. The summed E-state index contributed by atoms with van der Waals surface area (Å²) in [5, 5.41) is 0. The van der Waals surface area contributed by atoms with Gasteiger partial charge in [-0.1, -0.05) is 24.3 Å². The number of halogens is 5. The first-order valence-electron chi connectivity index (χ1n) is 9.09. The molecule has 1 spiro atoms. The van der Waals surface area contributed by atoms with Gasteiger partial charge in [-0.2, -0.15) is 8.78 Å². The molecule has 9 heteroatoms. The van der Waals surface area contributed by atoms with Crippen LogP contribution in [-0.4, -0.2) is 33.3 Å². The van der Waals surface area contributed by atoms with Gasteiger partial charge in [0.25, 0.3) is 5.85 Å². The van der Waals surface area contributed by atoms with Gasteiger partial charge in [0.05, 0.1) is 4.90 Å². The highest BCUT2D eigenvalue weighted by molar-refractivity contribution is 7.91. The lowest BCUT2D eigenvalue weighted by Crippen LogP contribution is -2.37. The molecular formula is C21H17F5O3S. The largest absolute Gasteiger partial charge is 0.343 e. The van der Waals surface area contributed by atoms with Crippen molar-refractivity contribution in [2.24, 2.45) is 5.41 Å². The maximum atomic E-state index is 14.7. The van der Waals surface area contributed by atoms with Crippen LogP contribution < -0.4 is 0 Å². The van der Waals surface area contributed by atoms with Gasteiger partial charge in [0.15, 0.2) is 0 Å². The lowest BCUT2D eigenvalue weighted by Gasteiger charge is -2.28. The van der Waals surface area contributed by atoms with E-state index in [1.54, 1.807) is 6.08 Å². The van der Waals surface area contributed by atoms with Crippen molar-refractivity contribution in [2.45, 2.75) is 35.5 Å². The molecule has 30 heavy (non-hydrogen) atoms. The smallest absolute Gasteiger partial charge is 0.341 e. The highest BCUT2D eigenvalue weighted by Crippen LogP contribution is 2.57. The monoisotopic (exact) mass is 444 g/mol. The van der Waals surface area contributed by atoms with Crippen LogP contribution in [-0.2, 0) is 14.6 Å². The third kappa shape index (κ3) is 3.24. The zero-order valence-corrected chi connectivity index (χ0v) is 16.5. The summed E-state index contributed by atoms with van der Waals surface area (Å²) in [5.74, 6) is -7.76. The maximum absolute atomic E-state index is 14.7. The van der Waals surface area contributed by atoms with Gasteiger partial charge >= 0.3 is 5.76 Å². The number of rotatable bonds is 5. The maximum Gasteiger partial charge on any atom is 0.341 e. The lowest BCUT2D eigenvalue weighted by molar-refractivity contribution is -0.125. The third-order valence-corrected chi connectivity index (χ3v) is 7.01. The first kappa shape index (κ1) is 21.0. The summed E-state index contributed by atoms with van der Waals surface area (Å²) in [6, 6.07) is 4.76. The number of hydrogen-bond donors (Lipinski definition) is 0. The molecule has 3 aliphatic carbocycles. The van der Waals surface area contributed by atoms with Crippen molar-refractivity contribution in [2.75, 3.05) is 7.11 Å². The summed E-state index contributed by atoms with van der Waals surface area (Å²) in [6.07, 6.45) is 4.50. The molecule has 160 valence electrons. The molecule has 1 fully saturated rings. The number of benzene rings is 1. The molecule has 1 aromatic rings. The number of ether oxygens (including phenoxy) is 1. The highest BCUT2D eigenvalue weighted by atomic mass is 32.2. The molecule has 1 aromatic carbocycles. The van der Waals surface area contributed by atoms with Gasteiger partial charge in [0, 0.05) is 18.1 Å². The predicted molar refractivity (Wildman–Crippen MR) is 100 cm³/mol. The van der Waals surface area contributed by atoms with Gasteiger partial charge in [-0.05, 0) is 53.8 Å². The van der Waals surface area contributed by atoms with Crippen LogP contribution in [0.2, 0.25) is 0 Å². The molecule has 4 rings (SSSR count). The number of alkyl halides is 4. The Labute approximate surface area is 170 Å². The van der Waals surface area contributed by atoms with Gasteiger partial charge in [0.1, 0.15) is 5.83 Å². The van der Waals surface area contributed by atoms with E-state index in [0.29, 0.717) is 16.7 Å². The van der Waals surface area contributed by atoms with Gasteiger partial charge in [-0.3, -0.25) is 0 Å². The van der Waals surface area contributed by atoms with Crippen molar-refractivity contribution in [3.8, 4) is 0 Å². The fourth-order valence-electron chi connectivity index (χ4n) is 3.65. The van der Waals surface area contributed by atoms with Crippen LogP contribution in [0.25, 0.3) is 5.57 Å². The van der Waals surface area contributed by atoms with E-state index in [4.69, 9.17) is 0 Å². The zero-order chi connectivity index (χ0) is 21.9. The normalized spacial score (nSPS) is 27.6. The summed E-state index contributed by atoms with van der Waals surface area (Å²) in [7, 11) is -3.81. The second-order valence-corrected chi connectivity index (χ2v) is 9.46. The molecule has 2 unspecified atom stereocenters. The molecule has 0 aliphatic heterocycles. The van der Waals surface area contributed by atoms with Gasteiger partial charge in [-0.25, -0.2) is 21.6 Å². The van der Waals surface area contributed by atoms with Crippen molar-refractivity contribution < 1.29 is 35.1 Å². The molecule has 0 saturated heterocycles. The summed E-state index contributed by atoms with van der Waals surface area (Å²) in [6.45, 7) is 0. The molecule has 0 heterocycles. The van der Waals surface area contributed by atoms with Crippen molar-refractivity contribution in [3.05, 3.63) is 71.1 Å². The zero-order valence-electron chi connectivity index (χ0n) is 15.7. The van der Waals surface area contributed by atoms with Crippen LogP contribution in [0.1, 0.15) is 18.4 Å². The Bertz CT molecular complexity index is 1110. The Morgan fingerprint density at radius 1 is 1.10 bits per heavy atom. The second kappa shape index (κ2) is 6.88. The first-order valence-corrected chi connectivity index (χ1v) is 10.6. The minimum absolute atomic E-state index is 0.132. The SMILES string of the molecule is COC1(F)C=CC(C2=CC3(C=C2c2ccc(S(=O)(=O)C(F)F)cc2)CC3)=C(F)C1F. The van der Waals surface area contributed by atoms with E-state index in [1.165, 1.54) is 12.1 Å². The van der Waals surface area contributed by atoms with Crippen molar-refractivity contribution in [3.63, 3.8) is 0 Å². The lowest BCUT2D eigenvalue weighted by atomic mass is 9.89. The topological polar surface area (TPSA) is 43.4 Å². The van der Waals surface area contributed by atoms with Crippen LogP contribution in [0.5, 0.6) is 0 Å². The Hall–Kier alpha value is -2.26. The molecule has 0 aromatic heterocycles. The Kier molecular flexibility index (Phi) is 4.81. The Morgan fingerprint density at radius 3 is 2.23 bits per heavy atom. The van der Waals surface area contributed by atoms with E-state index in [0.717, 1.165) is 44.2 Å².